The van der Waals surface area contributed by atoms with E-state index in [2.05, 4.69) is 11.8 Å². The molecule has 1 aromatic carbocycles. The molecule has 1 aromatic rings. The number of nitrogens with zero attached hydrogens (tertiary/aromatic N) is 1. The summed E-state index contributed by atoms with van der Waals surface area (Å²) in [5.41, 5.74) is 1.96. The second kappa shape index (κ2) is 8.08. The lowest BCUT2D eigenvalue weighted by Crippen LogP contribution is -2.40. The first-order valence-electron chi connectivity index (χ1n) is 7.02. The van der Waals surface area contributed by atoms with Gasteiger partial charge in [-0.2, -0.15) is 0 Å². The first kappa shape index (κ1) is 15.9. The molecule has 0 aromatic heterocycles. The van der Waals surface area contributed by atoms with Crippen molar-refractivity contribution in [2.45, 2.75) is 33.7 Å². The first-order valence-corrected chi connectivity index (χ1v) is 7.02. The average molecular weight is 263 g/mol. The number of carbonyl (C=O) groups is 1. The second-order valence-corrected chi connectivity index (χ2v) is 4.73. The van der Waals surface area contributed by atoms with E-state index in [1.54, 1.807) is 0 Å². The molecule has 0 heterocycles. The van der Waals surface area contributed by atoms with Crippen molar-refractivity contribution in [2.75, 3.05) is 26.3 Å². The number of likely N-dealkylation sites (N-methyl/N-ethyl adjacent to an activating group) is 1. The number of ether oxygens (including phenoxy) is 1. The standard InChI is InChI=1S/C16H25NO2/c1-5-17(11-12-19-6-2)14(4)16(18)15-9-7-13(3)8-10-15/h7-10,14H,5-6,11-12H2,1-4H3. The minimum absolute atomic E-state index is 0.104. The topological polar surface area (TPSA) is 29.5 Å². The van der Waals surface area contributed by atoms with E-state index in [-0.39, 0.29) is 11.8 Å². The summed E-state index contributed by atoms with van der Waals surface area (Å²) in [6, 6.07) is 7.68. The predicted octanol–water partition coefficient (Wildman–Crippen LogP) is 2.92. The van der Waals surface area contributed by atoms with Crippen LogP contribution in [0.2, 0.25) is 0 Å². The second-order valence-electron chi connectivity index (χ2n) is 4.73. The van der Waals surface area contributed by atoms with Crippen LogP contribution in [0.5, 0.6) is 0 Å². The lowest BCUT2D eigenvalue weighted by Gasteiger charge is -2.26. The third kappa shape index (κ3) is 4.77. The van der Waals surface area contributed by atoms with Crippen molar-refractivity contribution in [3.8, 4) is 0 Å². The van der Waals surface area contributed by atoms with E-state index in [1.165, 1.54) is 5.56 Å². The first-order chi connectivity index (χ1) is 9.10. The molecule has 0 saturated heterocycles. The van der Waals surface area contributed by atoms with Crippen molar-refractivity contribution in [3.63, 3.8) is 0 Å². The predicted molar refractivity (Wildman–Crippen MR) is 78.7 cm³/mol. The Bertz CT molecular complexity index is 386. The van der Waals surface area contributed by atoms with Gasteiger partial charge in [0, 0.05) is 18.7 Å². The van der Waals surface area contributed by atoms with Gasteiger partial charge in [0.1, 0.15) is 0 Å². The maximum atomic E-state index is 12.4. The lowest BCUT2D eigenvalue weighted by atomic mass is 10.0. The van der Waals surface area contributed by atoms with Gasteiger partial charge in [-0.1, -0.05) is 36.8 Å². The molecule has 0 saturated carbocycles. The van der Waals surface area contributed by atoms with E-state index in [4.69, 9.17) is 4.74 Å². The van der Waals surface area contributed by atoms with E-state index >= 15 is 0 Å². The van der Waals surface area contributed by atoms with Gasteiger partial charge in [0.15, 0.2) is 5.78 Å². The third-order valence-electron chi connectivity index (χ3n) is 3.40. The molecular formula is C16H25NO2. The number of hydrogen-bond donors (Lipinski definition) is 0. The number of rotatable bonds is 8. The van der Waals surface area contributed by atoms with Gasteiger partial charge in [-0.15, -0.1) is 0 Å². The third-order valence-corrected chi connectivity index (χ3v) is 3.40. The van der Waals surface area contributed by atoms with Gasteiger partial charge < -0.3 is 4.74 Å². The van der Waals surface area contributed by atoms with Crippen LogP contribution in [0.15, 0.2) is 24.3 Å². The van der Waals surface area contributed by atoms with Crippen LogP contribution in [-0.2, 0) is 4.74 Å². The fourth-order valence-electron chi connectivity index (χ4n) is 2.08. The maximum absolute atomic E-state index is 12.4. The van der Waals surface area contributed by atoms with Crippen molar-refractivity contribution < 1.29 is 9.53 Å². The summed E-state index contributed by atoms with van der Waals surface area (Å²) in [6.07, 6.45) is 0. The van der Waals surface area contributed by atoms with Crippen LogP contribution in [0.1, 0.15) is 36.7 Å². The SMILES string of the molecule is CCOCCN(CC)C(C)C(=O)c1ccc(C)cc1. The van der Waals surface area contributed by atoms with Crippen LogP contribution in [0, 0.1) is 6.92 Å². The molecule has 0 N–H and O–H groups in total. The summed E-state index contributed by atoms with van der Waals surface area (Å²) in [7, 11) is 0. The number of hydrogen-bond acceptors (Lipinski definition) is 3. The molecule has 106 valence electrons. The molecule has 0 bridgehead atoms. The Morgan fingerprint density at radius 1 is 1.26 bits per heavy atom. The van der Waals surface area contributed by atoms with Crippen LogP contribution in [0.3, 0.4) is 0 Å². The monoisotopic (exact) mass is 263 g/mol. The molecule has 0 aliphatic carbocycles. The highest BCUT2D eigenvalue weighted by atomic mass is 16.5. The molecule has 3 heteroatoms. The largest absolute Gasteiger partial charge is 0.380 e. The minimum atomic E-state index is -0.104. The van der Waals surface area contributed by atoms with Crippen molar-refractivity contribution in [2.24, 2.45) is 0 Å². The van der Waals surface area contributed by atoms with Gasteiger partial charge in [0.05, 0.1) is 12.6 Å². The molecule has 1 rings (SSSR count). The number of carbonyl (C=O) groups excluding carboxylic acids is 1. The highest BCUT2D eigenvalue weighted by Gasteiger charge is 2.20. The van der Waals surface area contributed by atoms with Crippen LogP contribution < -0.4 is 0 Å². The van der Waals surface area contributed by atoms with Gasteiger partial charge in [-0.05, 0) is 27.3 Å². The number of aryl methyl sites for hydroxylation is 1. The Morgan fingerprint density at radius 2 is 1.89 bits per heavy atom. The fraction of sp³-hybridized carbons (Fsp3) is 0.562. The van der Waals surface area contributed by atoms with E-state index in [1.807, 2.05) is 45.0 Å². The maximum Gasteiger partial charge on any atom is 0.179 e. The minimum Gasteiger partial charge on any atom is -0.380 e. The molecule has 1 unspecified atom stereocenters. The Labute approximate surface area is 116 Å². The van der Waals surface area contributed by atoms with Crippen molar-refractivity contribution in [1.82, 2.24) is 4.90 Å². The van der Waals surface area contributed by atoms with E-state index in [9.17, 15) is 4.79 Å². The molecule has 0 fully saturated rings. The smallest absolute Gasteiger partial charge is 0.179 e. The van der Waals surface area contributed by atoms with Gasteiger partial charge in [-0.25, -0.2) is 0 Å². The molecule has 1 atom stereocenters. The number of benzene rings is 1. The molecule has 0 radical (unpaired) electrons. The Balaban J connectivity index is 2.65. The van der Waals surface area contributed by atoms with E-state index < -0.39 is 0 Å². The number of Topliss-reactive ketones (excluding diaryl/α,β-unsaturated/α-hetero) is 1. The normalized spacial score (nSPS) is 12.7. The van der Waals surface area contributed by atoms with E-state index in [0.29, 0.717) is 6.61 Å². The molecule has 19 heavy (non-hydrogen) atoms. The lowest BCUT2D eigenvalue weighted by molar-refractivity contribution is 0.0740. The Kier molecular flexibility index (Phi) is 6.74. The summed E-state index contributed by atoms with van der Waals surface area (Å²) in [4.78, 5) is 14.6. The summed E-state index contributed by atoms with van der Waals surface area (Å²) >= 11 is 0. The van der Waals surface area contributed by atoms with Gasteiger partial charge >= 0.3 is 0 Å². The summed E-state index contributed by atoms with van der Waals surface area (Å²) < 4.78 is 5.36. The Hall–Kier alpha value is -1.19. The van der Waals surface area contributed by atoms with E-state index in [0.717, 1.165) is 25.3 Å². The van der Waals surface area contributed by atoms with Crippen LogP contribution in [0.4, 0.5) is 0 Å². The van der Waals surface area contributed by atoms with Gasteiger partial charge in [-0.3, -0.25) is 9.69 Å². The molecule has 0 aliphatic rings. The quantitative estimate of drug-likeness (QED) is 0.533. The Morgan fingerprint density at radius 3 is 2.42 bits per heavy atom. The van der Waals surface area contributed by atoms with Crippen molar-refractivity contribution >= 4 is 5.78 Å². The summed E-state index contributed by atoms with van der Waals surface area (Å²) in [5, 5.41) is 0. The number of ketones is 1. The zero-order valence-corrected chi connectivity index (χ0v) is 12.5. The molecule has 0 aliphatic heterocycles. The molecular weight excluding hydrogens is 238 g/mol. The van der Waals surface area contributed by atoms with Crippen molar-refractivity contribution in [3.05, 3.63) is 35.4 Å². The summed E-state index contributed by atoms with van der Waals surface area (Å²) in [5.74, 6) is 0.179. The molecule has 0 amide bonds. The van der Waals surface area contributed by atoms with Gasteiger partial charge in [0.2, 0.25) is 0 Å². The highest BCUT2D eigenvalue weighted by Crippen LogP contribution is 2.10. The van der Waals surface area contributed by atoms with Crippen LogP contribution in [0.25, 0.3) is 0 Å². The average Bonchev–Trinajstić information content (AvgIpc) is 2.43. The van der Waals surface area contributed by atoms with Gasteiger partial charge in [0.25, 0.3) is 0 Å². The zero-order valence-electron chi connectivity index (χ0n) is 12.5. The highest BCUT2D eigenvalue weighted by molar-refractivity contribution is 5.99. The van der Waals surface area contributed by atoms with Crippen LogP contribution >= 0.6 is 0 Å². The summed E-state index contributed by atoms with van der Waals surface area (Å²) in [6.45, 7) is 11.1. The molecule has 0 spiro atoms. The molecule has 3 nitrogen and oxygen atoms in total. The van der Waals surface area contributed by atoms with Crippen LogP contribution in [-0.4, -0.2) is 43.0 Å². The van der Waals surface area contributed by atoms with Crippen molar-refractivity contribution in [1.29, 1.82) is 0 Å². The fourth-order valence-corrected chi connectivity index (χ4v) is 2.08. The zero-order chi connectivity index (χ0) is 14.3.